The maximum Gasteiger partial charge on any atom is 0.233 e. The van der Waals surface area contributed by atoms with Crippen LogP contribution in [0.5, 0.6) is 0 Å². The largest absolute Gasteiger partial charge is 0.366 e. The first-order chi connectivity index (χ1) is 15.0. The van der Waals surface area contributed by atoms with E-state index in [9.17, 15) is 9.18 Å². The second-order valence-corrected chi connectivity index (χ2v) is 9.44. The van der Waals surface area contributed by atoms with Gasteiger partial charge in [-0.15, -0.1) is 0 Å². The van der Waals surface area contributed by atoms with Crippen LogP contribution < -0.4 is 9.80 Å². The second-order valence-electron chi connectivity index (χ2n) is 8.11. The van der Waals surface area contributed by atoms with E-state index in [0.29, 0.717) is 53.8 Å². The van der Waals surface area contributed by atoms with E-state index in [1.54, 1.807) is 18.2 Å². The number of piperazine rings is 1. The molecule has 4 rings (SSSR count). The number of hydrogen-bond acceptors (Lipinski definition) is 6. The van der Waals surface area contributed by atoms with Gasteiger partial charge in [0, 0.05) is 45.3 Å². The lowest BCUT2D eigenvalue weighted by molar-refractivity contribution is -0.129. The molecule has 1 amide bonds. The van der Waals surface area contributed by atoms with E-state index in [1.165, 1.54) is 17.8 Å². The van der Waals surface area contributed by atoms with Gasteiger partial charge in [0.15, 0.2) is 5.16 Å². The average Bonchev–Trinajstić information content (AvgIpc) is 2.78. The molecule has 3 heterocycles. The number of likely N-dealkylation sites (tertiary alicyclic amines) is 1. The smallest absolute Gasteiger partial charge is 0.233 e. The number of carbonyl (C=O) groups is 1. The van der Waals surface area contributed by atoms with Gasteiger partial charge in [0.25, 0.3) is 0 Å². The van der Waals surface area contributed by atoms with Gasteiger partial charge >= 0.3 is 0 Å². The van der Waals surface area contributed by atoms with Gasteiger partial charge in [0.1, 0.15) is 16.8 Å². The highest BCUT2D eigenvalue weighted by Crippen LogP contribution is 2.26. The molecule has 0 radical (unpaired) electrons. The minimum Gasteiger partial charge on any atom is -0.366 e. The summed E-state index contributed by atoms with van der Waals surface area (Å²) in [5.41, 5.74) is 0.629. The number of amides is 1. The number of aromatic nitrogens is 2. The summed E-state index contributed by atoms with van der Waals surface area (Å²) in [5.74, 6) is 1.67. The van der Waals surface area contributed by atoms with Crippen LogP contribution in [0.15, 0.2) is 35.5 Å². The molecule has 2 aliphatic rings. The first-order valence-electron chi connectivity index (χ1n) is 10.7. The summed E-state index contributed by atoms with van der Waals surface area (Å²) in [7, 11) is 0. The summed E-state index contributed by atoms with van der Waals surface area (Å²) in [5, 5.41) is 0.876. The summed E-state index contributed by atoms with van der Waals surface area (Å²) in [4.78, 5) is 27.5. The van der Waals surface area contributed by atoms with Crippen molar-refractivity contribution in [1.82, 2.24) is 14.9 Å². The quantitative estimate of drug-likeness (QED) is 0.380. The molecule has 0 atom stereocenters. The van der Waals surface area contributed by atoms with Crippen LogP contribution in [0.1, 0.15) is 19.8 Å². The zero-order valence-corrected chi connectivity index (χ0v) is 19.2. The predicted molar refractivity (Wildman–Crippen MR) is 124 cm³/mol. The van der Waals surface area contributed by atoms with Gasteiger partial charge in [-0.3, -0.25) is 4.79 Å². The van der Waals surface area contributed by atoms with E-state index >= 15 is 0 Å². The van der Waals surface area contributed by atoms with E-state index in [0.717, 1.165) is 31.7 Å². The van der Waals surface area contributed by atoms with Crippen LogP contribution >= 0.6 is 23.4 Å². The monoisotopic (exact) mass is 463 g/mol. The Hall–Kier alpha value is -2.06. The van der Waals surface area contributed by atoms with Crippen molar-refractivity contribution in [2.45, 2.75) is 24.9 Å². The van der Waals surface area contributed by atoms with E-state index in [2.05, 4.69) is 21.8 Å². The molecule has 0 N–H and O–H groups in total. The van der Waals surface area contributed by atoms with Crippen molar-refractivity contribution >= 4 is 40.8 Å². The lowest BCUT2D eigenvalue weighted by Gasteiger charge is -2.36. The molecule has 9 heteroatoms. The Labute approximate surface area is 191 Å². The standard InChI is InChI=1S/C22H27ClFN5OS/c1-16-6-8-29(9-7-16)21(30)15-31-22-25-19(23)14-20(26-22)28-12-10-27(11-13-28)18-5-3-2-4-17(18)24/h2-5,14,16H,6-13,15H2,1H3. The van der Waals surface area contributed by atoms with Crippen LogP contribution in [0.3, 0.4) is 0 Å². The summed E-state index contributed by atoms with van der Waals surface area (Å²) in [6.07, 6.45) is 2.13. The third-order valence-corrected chi connectivity index (χ3v) is 6.94. The maximum absolute atomic E-state index is 14.1. The van der Waals surface area contributed by atoms with Gasteiger partial charge in [-0.05, 0) is 30.9 Å². The Bertz CT molecular complexity index is 917. The Morgan fingerprint density at radius 3 is 2.48 bits per heavy atom. The van der Waals surface area contributed by atoms with Crippen LogP contribution in [0, 0.1) is 11.7 Å². The van der Waals surface area contributed by atoms with E-state index in [4.69, 9.17) is 11.6 Å². The Morgan fingerprint density at radius 2 is 1.77 bits per heavy atom. The van der Waals surface area contributed by atoms with Crippen LogP contribution in [0.25, 0.3) is 0 Å². The fourth-order valence-corrected chi connectivity index (χ4v) is 4.96. The first kappa shape index (κ1) is 22.1. The van der Waals surface area contributed by atoms with Gasteiger partial charge in [0.05, 0.1) is 11.4 Å². The first-order valence-corrected chi connectivity index (χ1v) is 12.1. The molecule has 6 nitrogen and oxygen atoms in total. The van der Waals surface area contributed by atoms with Crippen molar-refractivity contribution < 1.29 is 9.18 Å². The minimum atomic E-state index is -0.201. The zero-order valence-electron chi connectivity index (χ0n) is 17.6. The third kappa shape index (κ3) is 5.60. The van der Waals surface area contributed by atoms with Gasteiger partial charge in [-0.2, -0.15) is 0 Å². The van der Waals surface area contributed by atoms with Crippen LogP contribution in [0.2, 0.25) is 5.15 Å². The predicted octanol–water partition coefficient (Wildman–Crippen LogP) is 3.95. The highest BCUT2D eigenvalue weighted by molar-refractivity contribution is 7.99. The Kier molecular flexibility index (Phi) is 7.17. The van der Waals surface area contributed by atoms with Crippen LogP contribution in [-0.2, 0) is 4.79 Å². The molecule has 2 fully saturated rings. The Morgan fingerprint density at radius 1 is 1.10 bits per heavy atom. The molecule has 2 aromatic rings. The molecule has 0 aliphatic carbocycles. The lowest BCUT2D eigenvalue weighted by Crippen LogP contribution is -2.47. The van der Waals surface area contributed by atoms with E-state index in [1.807, 2.05) is 15.9 Å². The molecule has 31 heavy (non-hydrogen) atoms. The van der Waals surface area contributed by atoms with Crippen molar-refractivity contribution in [2.24, 2.45) is 5.92 Å². The SMILES string of the molecule is CC1CCN(C(=O)CSc2nc(Cl)cc(N3CCN(c4ccccc4F)CC3)n2)CC1. The molecule has 1 aromatic carbocycles. The molecule has 2 aliphatic heterocycles. The van der Waals surface area contributed by atoms with Crippen molar-refractivity contribution in [3.05, 3.63) is 41.3 Å². The van der Waals surface area contributed by atoms with Gasteiger partial charge in [-0.25, -0.2) is 14.4 Å². The molecular formula is C22H27ClFN5OS. The molecule has 1 aromatic heterocycles. The minimum absolute atomic E-state index is 0.125. The van der Waals surface area contributed by atoms with Crippen LogP contribution in [-0.4, -0.2) is 65.8 Å². The summed E-state index contributed by atoms with van der Waals surface area (Å²) < 4.78 is 14.1. The lowest BCUT2D eigenvalue weighted by atomic mass is 9.99. The van der Waals surface area contributed by atoms with Crippen LogP contribution in [0.4, 0.5) is 15.9 Å². The van der Waals surface area contributed by atoms with Crippen molar-refractivity contribution in [2.75, 3.05) is 54.8 Å². The summed E-state index contributed by atoms with van der Waals surface area (Å²) in [6.45, 7) is 6.68. The molecular weight excluding hydrogens is 437 g/mol. The number of nitrogens with zero attached hydrogens (tertiary/aromatic N) is 5. The topological polar surface area (TPSA) is 52.6 Å². The highest BCUT2D eigenvalue weighted by Gasteiger charge is 2.23. The zero-order chi connectivity index (χ0) is 21.8. The Balaban J connectivity index is 1.35. The fraction of sp³-hybridized carbons (Fsp3) is 0.500. The molecule has 0 spiro atoms. The number of halogens is 2. The van der Waals surface area contributed by atoms with E-state index < -0.39 is 0 Å². The van der Waals surface area contributed by atoms with Crippen molar-refractivity contribution in [3.63, 3.8) is 0 Å². The molecule has 0 bridgehead atoms. The number of thioether (sulfide) groups is 1. The van der Waals surface area contributed by atoms with Crippen molar-refractivity contribution in [1.29, 1.82) is 0 Å². The number of rotatable bonds is 5. The number of carbonyl (C=O) groups excluding carboxylic acids is 1. The maximum atomic E-state index is 14.1. The average molecular weight is 464 g/mol. The van der Waals surface area contributed by atoms with Gasteiger partial charge in [-0.1, -0.05) is 42.4 Å². The summed E-state index contributed by atoms with van der Waals surface area (Å²) in [6, 6.07) is 8.60. The molecule has 2 saturated heterocycles. The number of benzene rings is 1. The molecule has 166 valence electrons. The summed E-state index contributed by atoms with van der Waals surface area (Å²) >= 11 is 7.58. The van der Waals surface area contributed by atoms with E-state index in [-0.39, 0.29) is 11.7 Å². The fourth-order valence-electron chi connectivity index (χ4n) is 3.97. The second kappa shape index (κ2) is 10.0. The number of piperidine rings is 1. The number of anilines is 2. The normalized spacial score (nSPS) is 17.8. The van der Waals surface area contributed by atoms with Gasteiger partial charge in [0.2, 0.25) is 5.91 Å². The number of hydrogen-bond donors (Lipinski definition) is 0. The molecule has 0 saturated carbocycles. The number of para-hydroxylation sites is 1. The highest BCUT2D eigenvalue weighted by atomic mass is 35.5. The van der Waals surface area contributed by atoms with Crippen molar-refractivity contribution in [3.8, 4) is 0 Å². The van der Waals surface area contributed by atoms with Gasteiger partial charge < -0.3 is 14.7 Å². The third-order valence-electron chi connectivity index (χ3n) is 5.92. The molecule has 0 unspecified atom stereocenters.